The number of esters is 1. The van der Waals surface area contributed by atoms with Crippen LogP contribution in [0.2, 0.25) is 0 Å². The van der Waals surface area contributed by atoms with Crippen molar-refractivity contribution in [2.75, 3.05) is 19.5 Å². The van der Waals surface area contributed by atoms with Crippen molar-refractivity contribution in [1.29, 1.82) is 0 Å². The van der Waals surface area contributed by atoms with Gasteiger partial charge in [-0.2, -0.15) is 11.8 Å². The van der Waals surface area contributed by atoms with Crippen LogP contribution < -0.4 is 0 Å². The van der Waals surface area contributed by atoms with Gasteiger partial charge in [0.25, 0.3) is 0 Å². The van der Waals surface area contributed by atoms with E-state index in [0.29, 0.717) is 5.25 Å². The van der Waals surface area contributed by atoms with E-state index < -0.39 is 0 Å². The van der Waals surface area contributed by atoms with Gasteiger partial charge in [0.05, 0.1) is 18.6 Å². The monoisotopic (exact) mass is 258 g/mol. The Morgan fingerprint density at radius 2 is 2.35 bits per heavy atom. The molecule has 0 radical (unpaired) electrons. The number of thioether (sulfide) groups is 1. The highest BCUT2D eigenvalue weighted by Crippen LogP contribution is 2.45. The molecule has 1 saturated heterocycles. The van der Waals surface area contributed by atoms with Crippen LogP contribution in [0.4, 0.5) is 0 Å². The summed E-state index contributed by atoms with van der Waals surface area (Å²) in [5.74, 6) is 0.779. The van der Waals surface area contributed by atoms with Crippen LogP contribution in [0.1, 0.15) is 39.0 Å². The van der Waals surface area contributed by atoms with Crippen molar-refractivity contribution in [1.82, 2.24) is 0 Å². The Hall–Kier alpha value is -0.220. The molecule has 2 rings (SSSR count). The number of methoxy groups -OCH3 is 1. The van der Waals surface area contributed by atoms with E-state index in [1.54, 1.807) is 0 Å². The molecule has 1 spiro atoms. The number of hydrogen-bond donors (Lipinski definition) is 0. The van der Waals surface area contributed by atoms with Gasteiger partial charge < -0.3 is 9.47 Å². The fourth-order valence-electron chi connectivity index (χ4n) is 2.59. The van der Waals surface area contributed by atoms with Crippen LogP contribution in [0.25, 0.3) is 0 Å². The summed E-state index contributed by atoms with van der Waals surface area (Å²) in [5.41, 5.74) is 0.213. The SMILES string of the molecule is COC(=O)C(C)CSC1CCOC2(CCC2)C1. The van der Waals surface area contributed by atoms with E-state index in [1.807, 2.05) is 18.7 Å². The van der Waals surface area contributed by atoms with E-state index in [-0.39, 0.29) is 17.5 Å². The molecule has 2 fully saturated rings. The van der Waals surface area contributed by atoms with Crippen LogP contribution in [0.5, 0.6) is 0 Å². The van der Waals surface area contributed by atoms with Crippen molar-refractivity contribution in [2.45, 2.75) is 49.9 Å². The highest BCUT2D eigenvalue weighted by molar-refractivity contribution is 7.99. The first-order chi connectivity index (χ1) is 8.15. The molecule has 17 heavy (non-hydrogen) atoms. The van der Waals surface area contributed by atoms with Crippen LogP contribution in [0.15, 0.2) is 0 Å². The number of hydrogen-bond acceptors (Lipinski definition) is 4. The second kappa shape index (κ2) is 5.61. The lowest BCUT2D eigenvalue weighted by Crippen LogP contribution is -2.46. The maximum atomic E-state index is 11.3. The van der Waals surface area contributed by atoms with Crippen LogP contribution in [0, 0.1) is 5.92 Å². The molecular weight excluding hydrogens is 236 g/mol. The molecule has 4 heteroatoms. The van der Waals surface area contributed by atoms with Crippen LogP contribution >= 0.6 is 11.8 Å². The Labute approximate surface area is 108 Å². The number of ether oxygens (including phenoxy) is 2. The molecule has 98 valence electrons. The molecule has 0 N–H and O–H groups in total. The fraction of sp³-hybridized carbons (Fsp3) is 0.923. The predicted octanol–water partition coefficient (Wildman–Crippen LogP) is 2.63. The third-order valence-electron chi connectivity index (χ3n) is 3.90. The number of carbonyl (C=O) groups excluding carboxylic acids is 1. The summed E-state index contributed by atoms with van der Waals surface area (Å²) in [4.78, 5) is 11.3. The minimum absolute atomic E-state index is 0.00480. The molecule has 1 saturated carbocycles. The quantitative estimate of drug-likeness (QED) is 0.726. The lowest BCUT2D eigenvalue weighted by atomic mass is 9.75. The second-order valence-corrected chi connectivity index (χ2v) is 6.59. The van der Waals surface area contributed by atoms with Crippen molar-refractivity contribution in [3.8, 4) is 0 Å². The van der Waals surface area contributed by atoms with Crippen molar-refractivity contribution in [2.24, 2.45) is 5.92 Å². The molecule has 0 amide bonds. The minimum Gasteiger partial charge on any atom is -0.469 e. The summed E-state index contributed by atoms with van der Waals surface area (Å²) in [5, 5.41) is 0.663. The normalized spacial score (nSPS) is 28.5. The average molecular weight is 258 g/mol. The van der Waals surface area contributed by atoms with E-state index in [0.717, 1.165) is 18.8 Å². The van der Waals surface area contributed by atoms with Crippen molar-refractivity contribution >= 4 is 17.7 Å². The summed E-state index contributed by atoms with van der Waals surface area (Å²) < 4.78 is 10.7. The zero-order chi connectivity index (χ0) is 12.3. The van der Waals surface area contributed by atoms with Crippen molar-refractivity contribution in [3.05, 3.63) is 0 Å². The lowest BCUT2D eigenvalue weighted by Gasteiger charge is -2.47. The van der Waals surface area contributed by atoms with Gasteiger partial charge in [0.15, 0.2) is 0 Å². The Balaban J connectivity index is 1.73. The third-order valence-corrected chi connectivity index (χ3v) is 5.46. The molecular formula is C13H22O3S. The Kier molecular flexibility index (Phi) is 4.36. The molecule has 1 heterocycles. The van der Waals surface area contributed by atoms with Gasteiger partial charge in [-0.1, -0.05) is 6.92 Å². The van der Waals surface area contributed by atoms with Gasteiger partial charge in [0.2, 0.25) is 0 Å². The molecule has 2 aliphatic rings. The van der Waals surface area contributed by atoms with E-state index >= 15 is 0 Å². The first kappa shape index (κ1) is 13.2. The highest BCUT2D eigenvalue weighted by atomic mass is 32.2. The first-order valence-electron chi connectivity index (χ1n) is 6.49. The van der Waals surface area contributed by atoms with Crippen LogP contribution in [0.3, 0.4) is 0 Å². The number of rotatable bonds is 4. The maximum Gasteiger partial charge on any atom is 0.309 e. The number of carbonyl (C=O) groups is 1. The maximum absolute atomic E-state index is 11.3. The summed E-state index contributed by atoms with van der Waals surface area (Å²) in [6.45, 7) is 2.83. The van der Waals surface area contributed by atoms with Gasteiger partial charge in [-0.25, -0.2) is 0 Å². The average Bonchev–Trinajstić information content (AvgIpc) is 2.33. The van der Waals surface area contributed by atoms with E-state index in [9.17, 15) is 4.79 Å². The van der Waals surface area contributed by atoms with Gasteiger partial charge in [-0.3, -0.25) is 4.79 Å². The Morgan fingerprint density at radius 3 is 2.94 bits per heavy atom. The topological polar surface area (TPSA) is 35.5 Å². The first-order valence-corrected chi connectivity index (χ1v) is 7.53. The molecule has 2 atom stereocenters. The summed E-state index contributed by atoms with van der Waals surface area (Å²) in [6, 6.07) is 0. The van der Waals surface area contributed by atoms with Gasteiger partial charge in [-0.05, 0) is 32.1 Å². The van der Waals surface area contributed by atoms with E-state index in [2.05, 4.69) is 0 Å². The zero-order valence-corrected chi connectivity index (χ0v) is 11.6. The van der Waals surface area contributed by atoms with Crippen molar-refractivity contribution < 1.29 is 14.3 Å². The molecule has 1 aliphatic carbocycles. The zero-order valence-electron chi connectivity index (χ0n) is 10.7. The van der Waals surface area contributed by atoms with Gasteiger partial charge in [-0.15, -0.1) is 0 Å². The van der Waals surface area contributed by atoms with Gasteiger partial charge in [0.1, 0.15) is 0 Å². The summed E-state index contributed by atoms with van der Waals surface area (Å²) >= 11 is 1.92. The predicted molar refractivity (Wildman–Crippen MR) is 69.2 cm³/mol. The van der Waals surface area contributed by atoms with Crippen LogP contribution in [-0.4, -0.2) is 36.3 Å². The smallest absolute Gasteiger partial charge is 0.309 e. The minimum atomic E-state index is -0.0945. The molecule has 0 aromatic heterocycles. The Morgan fingerprint density at radius 1 is 1.59 bits per heavy atom. The van der Waals surface area contributed by atoms with Crippen LogP contribution in [-0.2, 0) is 14.3 Å². The lowest BCUT2D eigenvalue weighted by molar-refractivity contribution is -0.144. The van der Waals surface area contributed by atoms with Crippen molar-refractivity contribution in [3.63, 3.8) is 0 Å². The molecule has 0 aromatic rings. The van der Waals surface area contributed by atoms with Gasteiger partial charge >= 0.3 is 5.97 Å². The summed E-state index contributed by atoms with van der Waals surface area (Å²) in [6.07, 6.45) is 6.08. The second-order valence-electron chi connectivity index (χ2n) is 5.26. The molecule has 1 aliphatic heterocycles. The molecule has 0 bridgehead atoms. The molecule has 3 nitrogen and oxygen atoms in total. The standard InChI is InChI=1S/C13H22O3S/c1-10(12(14)15-2)9-17-11-4-7-16-13(8-11)5-3-6-13/h10-11H,3-9H2,1-2H3. The summed E-state index contributed by atoms with van der Waals surface area (Å²) in [7, 11) is 1.46. The molecule has 2 unspecified atom stereocenters. The fourth-order valence-corrected chi connectivity index (χ4v) is 3.98. The highest BCUT2D eigenvalue weighted by Gasteiger charge is 2.42. The largest absolute Gasteiger partial charge is 0.469 e. The Bertz CT molecular complexity index is 276. The molecule has 0 aromatic carbocycles. The van der Waals surface area contributed by atoms with Gasteiger partial charge in [0, 0.05) is 17.6 Å². The van der Waals surface area contributed by atoms with E-state index in [1.165, 1.54) is 32.8 Å². The third kappa shape index (κ3) is 3.16. The van der Waals surface area contributed by atoms with E-state index in [4.69, 9.17) is 9.47 Å².